The summed E-state index contributed by atoms with van der Waals surface area (Å²) in [4.78, 5) is 93.0. The van der Waals surface area contributed by atoms with E-state index in [4.69, 9.17) is 49.4 Å². The lowest BCUT2D eigenvalue weighted by molar-refractivity contribution is -0.167. The fraction of sp³-hybridized carbons (Fsp3) is 0.667. The van der Waals surface area contributed by atoms with Crippen LogP contribution in [0.1, 0.15) is 0 Å². The van der Waals surface area contributed by atoms with E-state index in [-0.39, 0.29) is 0 Å². The molecule has 0 rings (SSSR count). The number of carboxylic acids is 2. The molecule has 0 amide bonds. The largest absolute Gasteiger partial charge is 0.479 e. The molecular formula is C6H14O20P4. The Hall–Kier alpha value is -0.620. The molecule has 0 aliphatic carbocycles. The van der Waals surface area contributed by atoms with Crippen LogP contribution in [0.4, 0.5) is 0 Å². The molecule has 24 heteroatoms. The van der Waals surface area contributed by atoms with Gasteiger partial charge in [-0.3, -0.25) is 18.1 Å². The Kier molecular flexibility index (Phi) is 10.1. The van der Waals surface area contributed by atoms with Crippen molar-refractivity contribution in [2.45, 2.75) is 24.4 Å². The highest BCUT2D eigenvalue weighted by Crippen LogP contribution is 2.49. The quantitative estimate of drug-likeness (QED) is 0.106. The van der Waals surface area contributed by atoms with Crippen LogP contribution in [0.3, 0.4) is 0 Å². The number of rotatable bonds is 13. The first-order chi connectivity index (χ1) is 13.0. The third kappa shape index (κ3) is 12.3. The summed E-state index contributed by atoms with van der Waals surface area (Å²) in [5, 5.41) is 18.0. The van der Waals surface area contributed by atoms with Gasteiger partial charge in [0.25, 0.3) is 0 Å². The summed E-state index contributed by atoms with van der Waals surface area (Å²) >= 11 is 0. The third-order valence-electron chi connectivity index (χ3n) is 2.43. The highest BCUT2D eigenvalue weighted by atomic mass is 31.2. The van der Waals surface area contributed by atoms with Crippen LogP contribution in [0.2, 0.25) is 0 Å². The van der Waals surface area contributed by atoms with Gasteiger partial charge in [0.05, 0.1) is 0 Å². The van der Waals surface area contributed by atoms with Crippen molar-refractivity contribution in [2.24, 2.45) is 0 Å². The first-order valence-electron chi connectivity index (χ1n) is 6.44. The van der Waals surface area contributed by atoms with Crippen molar-refractivity contribution in [3.63, 3.8) is 0 Å². The number of phosphoric ester groups is 4. The van der Waals surface area contributed by atoms with Crippen molar-refractivity contribution in [1.29, 1.82) is 0 Å². The molecule has 0 saturated carbocycles. The van der Waals surface area contributed by atoms with Gasteiger partial charge < -0.3 is 49.4 Å². The van der Waals surface area contributed by atoms with Gasteiger partial charge in [0.1, 0.15) is 12.2 Å². The summed E-state index contributed by atoms with van der Waals surface area (Å²) in [7, 11) is -23.8. The average molecular weight is 530 g/mol. The summed E-state index contributed by atoms with van der Waals surface area (Å²) < 4.78 is 59.1. The van der Waals surface area contributed by atoms with Crippen molar-refractivity contribution in [2.75, 3.05) is 0 Å². The molecule has 10 N–H and O–H groups in total. The number of hydrogen-bond donors (Lipinski definition) is 10. The van der Waals surface area contributed by atoms with Crippen LogP contribution in [0.25, 0.3) is 0 Å². The van der Waals surface area contributed by atoms with Crippen molar-refractivity contribution >= 4 is 43.2 Å². The number of hydrogen-bond acceptors (Lipinski definition) is 10. The van der Waals surface area contributed by atoms with E-state index >= 15 is 0 Å². The maximum atomic E-state index is 11.3. The van der Waals surface area contributed by atoms with Gasteiger partial charge in [-0.25, -0.2) is 27.8 Å². The highest BCUT2D eigenvalue weighted by Gasteiger charge is 2.52. The van der Waals surface area contributed by atoms with Gasteiger partial charge >= 0.3 is 43.2 Å². The van der Waals surface area contributed by atoms with E-state index in [0.717, 1.165) is 0 Å². The summed E-state index contributed by atoms with van der Waals surface area (Å²) in [6, 6.07) is 0. The molecule has 0 aromatic rings. The van der Waals surface area contributed by atoms with Crippen LogP contribution in [0.5, 0.6) is 0 Å². The molecule has 0 unspecified atom stereocenters. The molecule has 0 radical (unpaired) electrons. The smallest absolute Gasteiger partial charge is 0.470 e. The van der Waals surface area contributed by atoms with Crippen LogP contribution in [0.15, 0.2) is 0 Å². The first kappa shape index (κ1) is 29.4. The Labute approximate surface area is 163 Å². The van der Waals surface area contributed by atoms with Crippen molar-refractivity contribution in [1.82, 2.24) is 0 Å². The fourth-order valence-electron chi connectivity index (χ4n) is 1.68. The Morgan fingerprint density at radius 3 is 0.833 bits per heavy atom. The van der Waals surface area contributed by atoms with Crippen molar-refractivity contribution < 1.29 is 95.3 Å². The lowest BCUT2D eigenvalue weighted by Gasteiger charge is -2.33. The second-order valence-corrected chi connectivity index (χ2v) is 9.60. The monoisotopic (exact) mass is 530 g/mol. The topological polar surface area (TPSA) is 342 Å². The predicted octanol–water partition coefficient (Wildman–Crippen LogP) is -2.93. The lowest BCUT2D eigenvalue weighted by Crippen LogP contribution is -2.53. The molecule has 0 spiro atoms. The Morgan fingerprint density at radius 1 is 0.500 bits per heavy atom. The van der Waals surface area contributed by atoms with Gasteiger partial charge in [-0.15, -0.1) is 0 Å². The second-order valence-electron chi connectivity index (χ2n) is 4.83. The van der Waals surface area contributed by atoms with E-state index in [1.807, 2.05) is 0 Å². The third-order valence-corrected chi connectivity index (χ3v) is 4.47. The van der Waals surface area contributed by atoms with E-state index < -0.39 is 67.6 Å². The number of carboxylic acid groups (broad SMARTS) is 2. The Morgan fingerprint density at radius 2 is 0.700 bits per heavy atom. The summed E-state index contributed by atoms with van der Waals surface area (Å²) in [5.74, 6) is -5.12. The number of carbonyl (C=O) groups is 2. The van der Waals surface area contributed by atoms with E-state index in [2.05, 4.69) is 18.1 Å². The van der Waals surface area contributed by atoms with Crippen LogP contribution in [0, 0.1) is 0 Å². The summed E-state index contributed by atoms with van der Waals surface area (Å²) in [5.41, 5.74) is 0. The molecule has 0 fully saturated rings. The lowest BCUT2D eigenvalue weighted by atomic mass is 10.0. The van der Waals surface area contributed by atoms with Crippen molar-refractivity contribution in [3.8, 4) is 0 Å². The molecule has 0 saturated heterocycles. The zero-order valence-electron chi connectivity index (χ0n) is 13.7. The standard InChI is InChI=1S/C6H14O20P4/c7-5(8)3(25-29(17,18)19)1(23-27(11,12)13)2(24-28(14,15)16)4(6(9)10)26-30(20,21)22/h1-4H,(H,7,8)(H,9,10)(H2,11,12,13)(H2,14,15,16)(H2,17,18,19)(H2,20,21,22)/t1-,2-,3-,4+/m0/s1. The van der Waals surface area contributed by atoms with Gasteiger partial charge in [0.15, 0.2) is 12.2 Å². The molecule has 0 aromatic carbocycles. The van der Waals surface area contributed by atoms with Gasteiger partial charge in [-0.05, 0) is 0 Å². The van der Waals surface area contributed by atoms with Crippen molar-refractivity contribution in [3.05, 3.63) is 0 Å². The fourth-order valence-corrected chi connectivity index (χ4v) is 3.79. The zero-order chi connectivity index (χ0) is 24.3. The molecule has 178 valence electrons. The molecule has 0 heterocycles. The van der Waals surface area contributed by atoms with Gasteiger partial charge in [0, 0.05) is 0 Å². The Bertz CT molecular complexity index is 741. The van der Waals surface area contributed by atoms with E-state index in [1.54, 1.807) is 0 Å². The zero-order valence-corrected chi connectivity index (χ0v) is 17.2. The normalized spacial score (nSPS) is 17.7. The maximum absolute atomic E-state index is 11.3. The minimum atomic E-state index is -5.99. The molecule has 0 aromatic heterocycles. The summed E-state index contributed by atoms with van der Waals surface area (Å²) in [6.07, 6.45) is -13.4. The number of phosphoric acid groups is 4. The Balaban J connectivity index is 6.76. The molecule has 30 heavy (non-hydrogen) atoms. The van der Waals surface area contributed by atoms with Crippen LogP contribution in [-0.2, 0) is 45.9 Å². The van der Waals surface area contributed by atoms with E-state index in [9.17, 15) is 27.8 Å². The minimum Gasteiger partial charge on any atom is -0.479 e. The SMILES string of the molecule is O=C(O)[C@@H](OP(=O)(O)O)[C@@H](OP(=O)(O)O)[C@H](OP(=O)(O)O)[C@@H](OP(=O)(O)O)C(=O)O. The summed E-state index contributed by atoms with van der Waals surface area (Å²) in [6.45, 7) is 0. The predicted molar refractivity (Wildman–Crippen MR) is 82.9 cm³/mol. The number of aliphatic carboxylic acids is 2. The minimum absolute atomic E-state index is 2.56. The highest BCUT2D eigenvalue weighted by molar-refractivity contribution is 7.47. The molecule has 0 aliphatic rings. The van der Waals surface area contributed by atoms with Gasteiger partial charge in [-0.1, -0.05) is 0 Å². The van der Waals surface area contributed by atoms with Crippen LogP contribution in [-0.4, -0.2) is 85.7 Å². The second kappa shape index (κ2) is 10.3. The van der Waals surface area contributed by atoms with Crippen LogP contribution >= 0.6 is 31.3 Å². The molecule has 0 aliphatic heterocycles. The molecular weight excluding hydrogens is 516 g/mol. The maximum Gasteiger partial charge on any atom is 0.470 e. The average Bonchev–Trinajstić information content (AvgIpc) is 2.41. The first-order valence-corrected chi connectivity index (χ1v) is 12.6. The molecule has 4 atom stereocenters. The van der Waals surface area contributed by atoms with Gasteiger partial charge in [-0.2, -0.15) is 0 Å². The van der Waals surface area contributed by atoms with E-state index in [0.29, 0.717) is 0 Å². The van der Waals surface area contributed by atoms with E-state index in [1.165, 1.54) is 0 Å². The van der Waals surface area contributed by atoms with Crippen LogP contribution < -0.4 is 0 Å². The molecule has 0 bridgehead atoms. The van der Waals surface area contributed by atoms with Gasteiger partial charge in [0.2, 0.25) is 0 Å². The molecule has 20 nitrogen and oxygen atoms in total.